The van der Waals surface area contributed by atoms with Gasteiger partial charge in [-0.05, 0) is 61.3 Å². The highest BCUT2D eigenvalue weighted by molar-refractivity contribution is 9.09. The van der Waals surface area contributed by atoms with Crippen LogP contribution < -0.4 is 0 Å². The summed E-state index contributed by atoms with van der Waals surface area (Å²) in [4.78, 5) is 0. The van der Waals surface area contributed by atoms with Crippen molar-refractivity contribution in [1.29, 1.82) is 0 Å². The van der Waals surface area contributed by atoms with Gasteiger partial charge in [-0.25, -0.2) is 0 Å². The zero-order valence-corrected chi connectivity index (χ0v) is 13.6. The van der Waals surface area contributed by atoms with Crippen LogP contribution in [-0.4, -0.2) is 10.4 Å². The van der Waals surface area contributed by atoms with E-state index in [2.05, 4.69) is 15.9 Å². The van der Waals surface area contributed by atoms with Gasteiger partial charge in [0.15, 0.2) is 0 Å². The number of hydrogen-bond acceptors (Lipinski definition) is 1. The Hall–Kier alpha value is -0.210. The fourth-order valence-corrected chi connectivity index (χ4v) is 3.69. The van der Waals surface area contributed by atoms with Crippen LogP contribution in [0.4, 0.5) is 0 Å². The molecule has 1 aromatic rings. The number of aryl methyl sites for hydroxylation is 1. The van der Waals surface area contributed by atoms with E-state index in [4.69, 9.17) is 11.6 Å². The van der Waals surface area contributed by atoms with Crippen molar-refractivity contribution >= 4 is 27.5 Å². The Bertz CT molecular complexity index is 413. The second-order valence-corrected chi connectivity index (χ2v) is 6.68. The van der Waals surface area contributed by atoms with Crippen LogP contribution in [0.2, 0.25) is 5.02 Å². The van der Waals surface area contributed by atoms with Crippen molar-refractivity contribution in [1.82, 2.24) is 0 Å². The van der Waals surface area contributed by atoms with E-state index in [1.165, 1.54) is 32.1 Å². The summed E-state index contributed by atoms with van der Waals surface area (Å²) in [6.07, 6.45) is 9.44. The standard InChI is InChI=1S/C16H22BrClO/c17-9-5-4-8-13-10-15(18)14(11-16(13)19)12-6-2-1-3-7-12/h10-12,19H,1-9H2. The Kier molecular flexibility index (Phi) is 6.03. The van der Waals surface area contributed by atoms with Crippen molar-refractivity contribution < 1.29 is 5.11 Å². The van der Waals surface area contributed by atoms with Crippen molar-refractivity contribution in [2.24, 2.45) is 0 Å². The first kappa shape index (κ1) is 15.2. The molecule has 0 spiro atoms. The summed E-state index contributed by atoms with van der Waals surface area (Å²) < 4.78 is 0. The van der Waals surface area contributed by atoms with Gasteiger partial charge < -0.3 is 5.11 Å². The van der Waals surface area contributed by atoms with E-state index in [9.17, 15) is 5.11 Å². The molecule has 19 heavy (non-hydrogen) atoms. The van der Waals surface area contributed by atoms with Crippen LogP contribution in [0.5, 0.6) is 5.75 Å². The maximum atomic E-state index is 10.2. The molecular weight excluding hydrogens is 324 g/mol. The summed E-state index contributed by atoms with van der Waals surface area (Å²) in [5, 5.41) is 12.0. The molecule has 1 N–H and O–H groups in total. The van der Waals surface area contributed by atoms with Gasteiger partial charge in [-0.15, -0.1) is 0 Å². The second kappa shape index (κ2) is 7.54. The SMILES string of the molecule is Oc1cc(C2CCCCC2)c(Cl)cc1CCCCBr. The van der Waals surface area contributed by atoms with Crippen LogP contribution >= 0.6 is 27.5 Å². The molecule has 0 atom stereocenters. The molecule has 0 radical (unpaired) electrons. The molecular formula is C16H22BrClO. The zero-order chi connectivity index (χ0) is 13.7. The van der Waals surface area contributed by atoms with Gasteiger partial charge in [0, 0.05) is 10.4 Å². The first-order chi connectivity index (χ1) is 9.22. The normalized spacial score (nSPS) is 16.7. The molecule has 106 valence electrons. The third-order valence-electron chi connectivity index (χ3n) is 4.07. The summed E-state index contributed by atoms with van der Waals surface area (Å²) in [6.45, 7) is 0. The Labute approximate surface area is 129 Å². The van der Waals surface area contributed by atoms with Gasteiger partial charge in [-0.1, -0.05) is 46.8 Å². The number of hydrogen-bond donors (Lipinski definition) is 1. The van der Waals surface area contributed by atoms with Crippen molar-refractivity contribution in [3.63, 3.8) is 0 Å². The lowest BCUT2D eigenvalue weighted by molar-refractivity contribution is 0.436. The summed E-state index contributed by atoms with van der Waals surface area (Å²) in [6, 6.07) is 3.90. The van der Waals surface area contributed by atoms with Crippen LogP contribution in [0.3, 0.4) is 0 Å². The summed E-state index contributed by atoms with van der Waals surface area (Å²) in [5.41, 5.74) is 2.15. The van der Waals surface area contributed by atoms with Crippen LogP contribution in [-0.2, 0) is 6.42 Å². The maximum absolute atomic E-state index is 10.2. The lowest BCUT2D eigenvalue weighted by Gasteiger charge is -2.23. The minimum absolute atomic E-state index is 0.430. The smallest absolute Gasteiger partial charge is 0.119 e. The van der Waals surface area contributed by atoms with Crippen LogP contribution in [0, 0.1) is 0 Å². The Balaban J connectivity index is 2.11. The first-order valence-electron chi connectivity index (χ1n) is 7.29. The molecule has 1 aromatic carbocycles. The molecule has 2 rings (SSSR count). The minimum atomic E-state index is 0.430. The van der Waals surface area contributed by atoms with E-state index >= 15 is 0 Å². The number of rotatable bonds is 5. The summed E-state index contributed by atoms with van der Waals surface area (Å²) in [5.74, 6) is 0.975. The molecule has 0 aliphatic heterocycles. The Morgan fingerprint density at radius 3 is 2.58 bits per heavy atom. The van der Waals surface area contributed by atoms with E-state index in [1.54, 1.807) is 0 Å². The molecule has 0 unspecified atom stereocenters. The number of alkyl halides is 1. The van der Waals surface area contributed by atoms with E-state index in [-0.39, 0.29) is 0 Å². The lowest BCUT2D eigenvalue weighted by Crippen LogP contribution is -2.05. The average molecular weight is 346 g/mol. The van der Waals surface area contributed by atoms with E-state index in [1.807, 2.05) is 12.1 Å². The fourth-order valence-electron chi connectivity index (χ4n) is 2.96. The molecule has 3 heteroatoms. The van der Waals surface area contributed by atoms with E-state index in [0.29, 0.717) is 11.7 Å². The van der Waals surface area contributed by atoms with Gasteiger partial charge in [-0.3, -0.25) is 0 Å². The largest absolute Gasteiger partial charge is 0.508 e. The predicted molar refractivity (Wildman–Crippen MR) is 85.7 cm³/mol. The molecule has 1 nitrogen and oxygen atoms in total. The number of benzene rings is 1. The van der Waals surface area contributed by atoms with Gasteiger partial charge >= 0.3 is 0 Å². The topological polar surface area (TPSA) is 20.2 Å². The fraction of sp³-hybridized carbons (Fsp3) is 0.625. The highest BCUT2D eigenvalue weighted by Crippen LogP contribution is 2.39. The van der Waals surface area contributed by atoms with Crippen LogP contribution in [0.15, 0.2) is 12.1 Å². The molecule has 0 bridgehead atoms. The number of phenols is 1. The van der Waals surface area contributed by atoms with E-state index in [0.717, 1.165) is 40.7 Å². The highest BCUT2D eigenvalue weighted by atomic mass is 79.9. The number of unbranched alkanes of at least 4 members (excludes halogenated alkanes) is 1. The number of phenolic OH excluding ortho intramolecular Hbond substituents is 1. The Morgan fingerprint density at radius 1 is 1.16 bits per heavy atom. The third-order valence-corrected chi connectivity index (χ3v) is 4.96. The van der Waals surface area contributed by atoms with E-state index < -0.39 is 0 Å². The number of aromatic hydroxyl groups is 1. The van der Waals surface area contributed by atoms with Gasteiger partial charge in [0.1, 0.15) is 5.75 Å². The minimum Gasteiger partial charge on any atom is -0.508 e. The summed E-state index contributed by atoms with van der Waals surface area (Å²) >= 11 is 9.86. The van der Waals surface area contributed by atoms with Gasteiger partial charge in [0.25, 0.3) is 0 Å². The molecule has 0 amide bonds. The van der Waals surface area contributed by atoms with Gasteiger partial charge in [0.2, 0.25) is 0 Å². The lowest BCUT2D eigenvalue weighted by atomic mass is 9.83. The zero-order valence-electron chi connectivity index (χ0n) is 11.3. The molecule has 1 fully saturated rings. The molecule has 1 aliphatic carbocycles. The quantitative estimate of drug-likeness (QED) is 0.527. The monoisotopic (exact) mass is 344 g/mol. The molecule has 0 saturated heterocycles. The van der Waals surface area contributed by atoms with Gasteiger partial charge in [-0.2, -0.15) is 0 Å². The van der Waals surface area contributed by atoms with Gasteiger partial charge in [0.05, 0.1) is 0 Å². The molecule has 0 heterocycles. The number of halogens is 2. The van der Waals surface area contributed by atoms with Crippen molar-refractivity contribution in [3.8, 4) is 5.75 Å². The van der Waals surface area contributed by atoms with Crippen LogP contribution in [0.25, 0.3) is 0 Å². The highest BCUT2D eigenvalue weighted by Gasteiger charge is 2.19. The predicted octanol–water partition coefficient (Wildman–Crippen LogP) is 5.81. The Morgan fingerprint density at radius 2 is 1.89 bits per heavy atom. The maximum Gasteiger partial charge on any atom is 0.119 e. The molecule has 1 saturated carbocycles. The molecule has 1 aliphatic rings. The van der Waals surface area contributed by atoms with Crippen molar-refractivity contribution in [2.45, 2.75) is 57.3 Å². The molecule has 0 aromatic heterocycles. The van der Waals surface area contributed by atoms with Crippen molar-refractivity contribution in [2.75, 3.05) is 5.33 Å². The first-order valence-corrected chi connectivity index (χ1v) is 8.79. The van der Waals surface area contributed by atoms with Crippen molar-refractivity contribution in [3.05, 3.63) is 28.3 Å². The average Bonchev–Trinajstić information content (AvgIpc) is 2.43. The third kappa shape index (κ3) is 4.13. The second-order valence-electron chi connectivity index (χ2n) is 5.48. The summed E-state index contributed by atoms with van der Waals surface area (Å²) in [7, 11) is 0. The van der Waals surface area contributed by atoms with Crippen LogP contribution in [0.1, 0.15) is 62.0 Å².